The number of ketones is 1. The molecule has 122 valence electrons. The second-order valence-corrected chi connectivity index (χ2v) is 5.72. The molecule has 0 spiro atoms. The molecule has 2 heterocycles. The van der Waals surface area contributed by atoms with E-state index in [2.05, 4.69) is 10.1 Å². The Balaban J connectivity index is 2.00. The number of nitrogens with one attached hydrogen (secondary N) is 1. The fraction of sp³-hybridized carbons (Fsp3) is 0.118. The molecular formula is C17H13ClN2O4. The van der Waals surface area contributed by atoms with Crippen molar-refractivity contribution in [2.24, 2.45) is 0 Å². The van der Waals surface area contributed by atoms with E-state index < -0.39 is 5.97 Å². The topological polar surface area (TPSA) is 96.2 Å². The summed E-state index contributed by atoms with van der Waals surface area (Å²) in [6.07, 6.45) is 1.30. The number of H-pyrrole nitrogens is 1. The normalized spacial score (nSPS) is 10.8. The molecule has 0 atom stereocenters. The summed E-state index contributed by atoms with van der Waals surface area (Å²) in [5, 5.41) is 13.3. The van der Waals surface area contributed by atoms with Crippen molar-refractivity contribution in [3.8, 4) is 11.3 Å². The Hall–Kier alpha value is -2.86. The number of nitrogens with zero attached hydrogens (tertiary/aromatic N) is 1. The second-order valence-electron chi connectivity index (χ2n) is 5.29. The SMILES string of the molecule is Cc1onc(-c2cccc(Cl)c2)c1C(=O)c1c[nH]c(CC(=O)O)c1. The van der Waals surface area contributed by atoms with Gasteiger partial charge in [-0.1, -0.05) is 28.9 Å². The Morgan fingerprint density at radius 2 is 2.12 bits per heavy atom. The van der Waals surface area contributed by atoms with Gasteiger partial charge in [0.2, 0.25) is 0 Å². The van der Waals surface area contributed by atoms with Gasteiger partial charge >= 0.3 is 5.97 Å². The highest BCUT2D eigenvalue weighted by molar-refractivity contribution is 6.30. The van der Waals surface area contributed by atoms with Crippen molar-refractivity contribution in [1.82, 2.24) is 10.1 Å². The van der Waals surface area contributed by atoms with Crippen LogP contribution in [-0.4, -0.2) is 27.0 Å². The Morgan fingerprint density at radius 1 is 1.33 bits per heavy atom. The van der Waals surface area contributed by atoms with E-state index in [1.165, 1.54) is 12.3 Å². The van der Waals surface area contributed by atoms with Crippen LogP contribution in [0.15, 0.2) is 41.1 Å². The van der Waals surface area contributed by atoms with Gasteiger partial charge in [-0.2, -0.15) is 0 Å². The van der Waals surface area contributed by atoms with Crippen molar-refractivity contribution in [3.63, 3.8) is 0 Å². The molecule has 0 saturated carbocycles. The maximum atomic E-state index is 12.8. The van der Waals surface area contributed by atoms with Crippen LogP contribution in [0.5, 0.6) is 0 Å². The quantitative estimate of drug-likeness (QED) is 0.691. The fourth-order valence-corrected chi connectivity index (χ4v) is 2.64. The molecule has 0 aliphatic rings. The molecule has 0 radical (unpaired) electrons. The van der Waals surface area contributed by atoms with Gasteiger partial charge in [0.1, 0.15) is 11.5 Å². The number of benzene rings is 1. The molecule has 3 rings (SSSR count). The van der Waals surface area contributed by atoms with Gasteiger partial charge in [0, 0.05) is 28.0 Å². The first-order valence-corrected chi connectivity index (χ1v) is 7.49. The highest BCUT2D eigenvalue weighted by Gasteiger charge is 2.24. The Bertz CT molecular complexity index is 926. The number of aromatic nitrogens is 2. The van der Waals surface area contributed by atoms with Crippen LogP contribution in [0.1, 0.15) is 27.4 Å². The number of carboxylic acids is 1. The monoisotopic (exact) mass is 344 g/mol. The van der Waals surface area contributed by atoms with E-state index in [1.54, 1.807) is 31.2 Å². The Morgan fingerprint density at radius 3 is 2.83 bits per heavy atom. The maximum absolute atomic E-state index is 12.8. The van der Waals surface area contributed by atoms with Gasteiger partial charge < -0.3 is 14.6 Å². The summed E-state index contributed by atoms with van der Waals surface area (Å²) in [5.74, 6) is -0.885. The van der Waals surface area contributed by atoms with E-state index in [-0.39, 0.29) is 12.2 Å². The zero-order valence-electron chi connectivity index (χ0n) is 12.7. The lowest BCUT2D eigenvalue weighted by Gasteiger charge is -2.01. The highest BCUT2D eigenvalue weighted by Crippen LogP contribution is 2.29. The van der Waals surface area contributed by atoms with Gasteiger partial charge in [-0.15, -0.1) is 0 Å². The number of aliphatic carboxylic acids is 1. The molecule has 0 fully saturated rings. The predicted molar refractivity (Wildman–Crippen MR) is 87.3 cm³/mol. The molecule has 2 N–H and O–H groups in total. The number of aromatic amines is 1. The summed E-state index contributed by atoms with van der Waals surface area (Å²) in [6, 6.07) is 8.49. The first-order valence-electron chi connectivity index (χ1n) is 7.11. The van der Waals surface area contributed by atoms with Gasteiger partial charge in [0.25, 0.3) is 0 Å². The third-order valence-electron chi connectivity index (χ3n) is 3.53. The van der Waals surface area contributed by atoms with Gasteiger partial charge in [-0.25, -0.2) is 0 Å². The second kappa shape index (κ2) is 6.33. The molecular weight excluding hydrogens is 332 g/mol. The molecule has 0 aliphatic heterocycles. The third kappa shape index (κ3) is 3.09. The van der Waals surface area contributed by atoms with E-state index in [1.807, 2.05) is 0 Å². The first kappa shape index (κ1) is 16.0. The standard InChI is InChI=1S/C17H13ClN2O4/c1-9-15(16(20-24-9)10-3-2-4-12(18)5-10)17(23)11-6-13(19-8-11)7-14(21)22/h2-6,8,19H,7H2,1H3,(H,21,22). The molecule has 1 aromatic carbocycles. The van der Waals surface area contributed by atoms with Gasteiger partial charge in [-0.3, -0.25) is 9.59 Å². The average molecular weight is 345 g/mol. The fourth-order valence-electron chi connectivity index (χ4n) is 2.45. The number of rotatable bonds is 5. The van der Waals surface area contributed by atoms with Gasteiger partial charge in [0.15, 0.2) is 5.78 Å². The predicted octanol–water partition coefficient (Wildman–Crippen LogP) is 3.49. The van der Waals surface area contributed by atoms with Crippen molar-refractivity contribution in [1.29, 1.82) is 0 Å². The highest BCUT2D eigenvalue weighted by atomic mass is 35.5. The zero-order valence-corrected chi connectivity index (χ0v) is 13.4. The molecule has 0 bridgehead atoms. The average Bonchev–Trinajstić information content (AvgIpc) is 3.13. The summed E-state index contributed by atoms with van der Waals surface area (Å²) >= 11 is 6.00. The molecule has 0 aliphatic carbocycles. The van der Waals surface area contributed by atoms with Crippen LogP contribution in [-0.2, 0) is 11.2 Å². The number of halogens is 1. The lowest BCUT2D eigenvalue weighted by Crippen LogP contribution is -2.03. The van der Waals surface area contributed by atoms with Crippen molar-refractivity contribution >= 4 is 23.4 Å². The van der Waals surface area contributed by atoms with E-state index in [4.69, 9.17) is 21.2 Å². The molecule has 24 heavy (non-hydrogen) atoms. The van der Waals surface area contributed by atoms with E-state index >= 15 is 0 Å². The molecule has 7 heteroatoms. The summed E-state index contributed by atoms with van der Waals surface area (Å²) in [6.45, 7) is 1.65. The summed E-state index contributed by atoms with van der Waals surface area (Å²) in [5.41, 5.74) is 2.20. The number of aryl methyl sites for hydroxylation is 1. The van der Waals surface area contributed by atoms with Crippen LogP contribution < -0.4 is 0 Å². The largest absolute Gasteiger partial charge is 0.481 e. The van der Waals surface area contributed by atoms with Crippen LogP contribution in [0.4, 0.5) is 0 Å². The van der Waals surface area contributed by atoms with Gasteiger partial charge in [0.05, 0.1) is 12.0 Å². The molecule has 0 amide bonds. The molecule has 0 saturated heterocycles. The van der Waals surface area contributed by atoms with E-state index in [0.717, 1.165) is 0 Å². The number of hydrogen-bond donors (Lipinski definition) is 2. The molecule has 6 nitrogen and oxygen atoms in total. The van der Waals surface area contributed by atoms with E-state index in [9.17, 15) is 9.59 Å². The van der Waals surface area contributed by atoms with Crippen molar-refractivity contribution in [2.45, 2.75) is 13.3 Å². The smallest absolute Gasteiger partial charge is 0.309 e. The van der Waals surface area contributed by atoms with Crippen LogP contribution in [0.25, 0.3) is 11.3 Å². The summed E-state index contributed by atoms with van der Waals surface area (Å²) in [4.78, 5) is 26.4. The summed E-state index contributed by atoms with van der Waals surface area (Å²) in [7, 11) is 0. The minimum absolute atomic E-state index is 0.183. The lowest BCUT2D eigenvalue weighted by atomic mass is 9.99. The van der Waals surface area contributed by atoms with E-state index in [0.29, 0.717) is 38.9 Å². The molecule has 0 unspecified atom stereocenters. The van der Waals surface area contributed by atoms with Crippen molar-refractivity contribution < 1.29 is 19.2 Å². The van der Waals surface area contributed by atoms with Crippen molar-refractivity contribution in [2.75, 3.05) is 0 Å². The van der Waals surface area contributed by atoms with Gasteiger partial charge in [-0.05, 0) is 25.1 Å². The molecule has 2 aromatic heterocycles. The van der Waals surface area contributed by atoms with Crippen LogP contribution in [0, 0.1) is 6.92 Å². The summed E-state index contributed by atoms with van der Waals surface area (Å²) < 4.78 is 5.19. The van der Waals surface area contributed by atoms with Crippen LogP contribution in [0.3, 0.4) is 0 Å². The van der Waals surface area contributed by atoms with Crippen molar-refractivity contribution in [3.05, 3.63) is 64.1 Å². The molecule has 3 aromatic rings. The lowest BCUT2D eigenvalue weighted by molar-refractivity contribution is -0.136. The maximum Gasteiger partial charge on any atom is 0.309 e. The number of carbonyl (C=O) groups excluding carboxylic acids is 1. The Kier molecular flexibility index (Phi) is 4.22. The van der Waals surface area contributed by atoms with Crippen LogP contribution >= 0.6 is 11.6 Å². The number of hydrogen-bond acceptors (Lipinski definition) is 4. The third-order valence-corrected chi connectivity index (χ3v) is 3.77. The zero-order chi connectivity index (χ0) is 17.3. The minimum Gasteiger partial charge on any atom is -0.481 e. The minimum atomic E-state index is -0.975. The number of carboxylic acid groups (broad SMARTS) is 1. The Labute approximate surface area is 142 Å². The number of carbonyl (C=O) groups is 2. The first-order chi connectivity index (χ1) is 11.5. The van der Waals surface area contributed by atoms with Crippen LogP contribution in [0.2, 0.25) is 5.02 Å².